The number of phenolic OH excluding ortho intramolecular Hbond substituents is 1. The Morgan fingerprint density at radius 1 is 0.755 bits per heavy atom. The van der Waals surface area contributed by atoms with Gasteiger partial charge in [-0.2, -0.15) is 0 Å². The summed E-state index contributed by atoms with van der Waals surface area (Å²) >= 11 is 0. The molecule has 1 N–H and O–H groups in total. The van der Waals surface area contributed by atoms with Gasteiger partial charge in [-0.15, -0.1) is 0 Å². The van der Waals surface area contributed by atoms with Crippen LogP contribution in [0.2, 0.25) is 0 Å². The van der Waals surface area contributed by atoms with Gasteiger partial charge in [0.15, 0.2) is 23.1 Å². The first-order valence-electron chi connectivity index (χ1n) is 18.2. The van der Waals surface area contributed by atoms with Gasteiger partial charge in [0.2, 0.25) is 11.8 Å². The predicted octanol–water partition coefficient (Wildman–Crippen LogP) is 6.40. The van der Waals surface area contributed by atoms with Gasteiger partial charge in [0.25, 0.3) is 0 Å². The van der Waals surface area contributed by atoms with E-state index in [2.05, 4.69) is 4.90 Å². The summed E-state index contributed by atoms with van der Waals surface area (Å²) in [6.45, 7) is 2.75. The molecule has 4 aromatic carbocycles. The number of imide groups is 1. The third-order valence-electron chi connectivity index (χ3n) is 12.2. The molecule has 2 amide bonds. The van der Waals surface area contributed by atoms with Crippen molar-refractivity contribution in [3.8, 4) is 5.75 Å². The van der Waals surface area contributed by atoms with Crippen LogP contribution < -0.4 is 9.80 Å². The minimum atomic E-state index is -1.56. The number of nitrogens with zero attached hydrogens (tertiary/aromatic N) is 2. The number of benzene rings is 4. The first kappa shape index (κ1) is 33.2. The van der Waals surface area contributed by atoms with E-state index in [4.69, 9.17) is 4.74 Å². The summed E-state index contributed by atoms with van der Waals surface area (Å²) in [5.74, 6) is -6.86. The van der Waals surface area contributed by atoms with Crippen molar-refractivity contribution in [3.63, 3.8) is 0 Å². The molecular formula is C44H37FN2O6. The Kier molecular flexibility index (Phi) is 8.00. The number of phenols is 1. The van der Waals surface area contributed by atoms with Crippen LogP contribution in [0.5, 0.6) is 5.75 Å². The summed E-state index contributed by atoms with van der Waals surface area (Å²) in [7, 11) is 0. The molecule has 2 heterocycles. The van der Waals surface area contributed by atoms with E-state index in [9.17, 15) is 14.7 Å². The zero-order valence-corrected chi connectivity index (χ0v) is 28.9. The van der Waals surface area contributed by atoms with E-state index in [1.807, 2.05) is 42.5 Å². The number of ketones is 2. The fraction of sp³-hybridized carbons (Fsp3) is 0.273. The molecule has 8 nitrogen and oxygen atoms in total. The molecule has 0 spiro atoms. The number of allylic oxidation sites excluding steroid dienone is 4. The highest BCUT2D eigenvalue weighted by atomic mass is 19.1. The molecule has 4 aromatic rings. The monoisotopic (exact) mass is 708 g/mol. The number of halogens is 1. The lowest BCUT2D eigenvalue weighted by atomic mass is 9.44. The smallest absolute Gasteiger partial charge is 0.238 e. The van der Waals surface area contributed by atoms with Crippen LogP contribution in [0.15, 0.2) is 121 Å². The van der Waals surface area contributed by atoms with E-state index >= 15 is 14.0 Å². The highest BCUT2D eigenvalue weighted by Crippen LogP contribution is 2.64. The largest absolute Gasteiger partial charge is 0.505 e. The Labute approximate surface area is 306 Å². The Balaban J connectivity index is 1.19. The molecule has 2 saturated heterocycles. The summed E-state index contributed by atoms with van der Waals surface area (Å²) in [5.41, 5.74) is 2.15. The van der Waals surface area contributed by atoms with Crippen LogP contribution in [0, 0.1) is 29.5 Å². The number of fused-ring (bicyclic) bond motifs is 4. The van der Waals surface area contributed by atoms with Crippen LogP contribution in [0.4, 0.5) is 15.8 Å². The number of ether oxygens (including phenoxy) is 1. The summed E-state index contributed by atoms with van der Waals surface area (Å²) in [6, 6.07) is 29.7. The quantitative estimate of drug-likeness (QED) is 0.189. The van der Waals surface area contributed by atoms with Crippen molar-refractivity contribution in [2.75, 3.05) is 36.1 Å². The second-order valence-corrected chi connectivity index (χ2v) is 14.6. The summed E-state index contributed by atoms with van der Waals surface area (Å²) < 4.78 is 20.8. The number of aromatic hydroxyl groups is 1. The highest BCUT2D eigenvalue weighted by Gasteiger charge is 2.66. The Morgan fingerprint density at radius 2 is 1.43 bits per heavy atom. The molecular weight excluding hydrogens is 671 g/mol. The normalized spacial score (nSPS) is 28.2. The van der Waals surface area contributed by atoms with Gasteiger partial charge < -0.3 is 14.7 Å². The van der Waals surface area contributed by atoms with E-state index in [-0.39, 0.29) is 47.4 Å². The average molecular weight is 709 g/mol. The average Bonchev–Trinajstić information content (AvgIpc) is 3.46. The molecule has 1 saturated carbocycles. The van der Waals surface area contributed by atoms with Crippen LogP contribution in [0.3, 0.4) is 0 Å². The second kappa shape index (κ2) is 12.8. The van der Waals surface area contributed by atoms with E-state index in [0.29, 0.717) is 35.6 Å². The number of para-hydroxylation sites is 1. The third kappa shape index (κ3) is 4.97. The number of amides is 2. The molecule has 6 unspecified atom stereocenters. The second-order valence-electron chi connectivity index (χ2n) is 14.6. The number of Topliss-reactive ketones (excluding diaryl/α,β-unsaturated/α-hetero) is 1. The Morgan fingerprint density at radius 3 is 2.15 bits per heavy atom. The molecule has 266 valence electrons. The zero-order valence-electron chi connectivity index (χ0n) is 28.9. The van der Waals surface area contributed by atoms with Crippen LogP contribution in [-0.4, -0.2) is 54.8 Å². The van der Waals surface area contributed by atoms with Crippen molar-refractivity contribution in [1.82, 2.24) is 0 Å². The molecule has 53 heavy (non-hydrogen) atoms. The van der Waals surface area contributed by atoms with Gasteiger partial charge in [0.1, 0.15) is 0 Å². The van der Waals surface area contributed by atoms with Crippen molar-refractivity contribution in [1.29, 1.82) is 0 Å². The van der Waals surface area contributed by atoms with Crippen molar-refractivity contribution >= 4 is 40.3 Å². The highest BCUT2D eigenvalue weighted by molar-refractivity contribution is 6.32. The third-order valence-corrected chi connectivity index (χ3v) is 12.2. The first-order valence-corrected chi connectivity index (χ1v) is 18.2. The number of hydrogen-bond donors (Lipinski definition) is 1. The minimum Gasteiger partial charge on any atom is -0.505 e. The van der Waals surface area contributed by atoms with Crippen LogP contribution in [-0.2, 0) is 29.3 Å². The van der Waals surface area contributed by atoms with Gasteiger partial charge in [-0.3, -0.25) is 24.1 Å². The van der Waals surface area contributed by atoms with Crippen molar-refractivity contribution in [2.24, 2.45) is 23.7 Å². The van der Waals surface area contributed by atoms with Crippen molar-refractivity contribution < 1.29 is 33.4 Å². The molecule has 9 rings (SSSR count). The molecule has 3 fully saturated rings. The predicted molar refractivity (Wildman–Crippen MR) is 197 cm³/mol. The summed E-state index contributed by atoms with van der Waals surface area (Å²) in [4.78, 5) is 62.5. The number of anilines is 2. The van der Waals surface area contributed by atoms with Gasteiger partial charge in [0.05, 0.1) is 36.2 Å². The summed E-state index contributed by atoms with van der Waals surface area (Å²) in [6.07, 6.45) is 3.65. The van der Waals surface area contributed by atoms with Gasteiger partial charge >= 0.3 is 0 Å². The first-order chi connectivity index (χ1) is 25.8. The van der Waals surface area contributed by atoms with Crippen LogP contribution in [0.25, 0.3) is 5.57 Å². The Hall–Kier alpha value is -5.67. The van der Waals surface area contributed by atoms with Crippen LogP contribution >= 0.6 is 0 Å². The lowest BCUT2D eigenvalue weighted by molar-refractivity contribution is -0.135. The lowest BCUT2D eigenvalue weighted by Crippen LogP contribution is -2.58. The zero-order chi connectivity index (χ0) is 36.4. The fourth-order valence-electron chi connectivity index (χ4n) is 9.87. The van der Waals surface area contributed by atoms with Crippen LogP contribution in [0.1, 0.15) is 35.4 Å². The number of rotatable bonds is 5. The van der Waals surface area contributed by atoms with Gasteiger partial charge in [-0.25, -0.2) is 4.39 Å². The minimum absolute atomic E-state index is 0.117. The van der Waals surface area contributed by atoms with E-state index in [1.54, 1.807) is 54.6 Å². The molecule has 3 aliphatic carbocycles. The van der Waals surface area contributed by atoms with Gasteiger partial charge in [-0.05, 0) is 66.3 Å². The molecule has 0 radical (unpaired) electrons. The molecule has 6 atom stereocenters. The van der Waals surface area contributed by atoms with E-state index in [0.717, 1.165) is 24.8 Å². The number of carbonyl (C=O) groups excluding carboxylic acids is 4. The number of hydrogen-bond acceptors (Lipinski definition) is 7. The molecule has 0 aromatic heterocycles. The summed E-state index contributed by atoms with van der Waals surface area (Å²) in [5, 5.41) is 11.4. The van der Waals surface area contributed by atoms with Gasteiger partial charge in [0, 0.05) is 41.7 Å². The van der Waals surface area contributed by atoms with Crippen molar-refractivity contribution in [3.05, 3.63) is 143 Å². The maximum absolute atomic E-state index is 15.3. The molecule has 5 aliphatic rings. The van der Waals surface area contributed by atoms with E-state index in [1.165, 1.54) is 17.0 Å². The lowest BCUT2D eigenvalue weighted by Gasteiger charge is -2.55. The standard InChI is InChI=1S/C44H37FN2O6/c45-36-13-7-12-32(41(36)50)39-30-18-19-31-38(43(52)47(42(31)51)29-16-14-28(15-17-29)46-20-22-53-23-21-46)34(30)24-35-40(49)33(26-8-3-1-4-9-26)25-37(48)44(35,39)27-10-5-2-6-11-27/h1-18,25,31,34-35,38-39,50H,19-24H2. The molecule has 9 heteroatoms. The van der Waals surface area contributed by atoms with Crippen molar-refractivity contribution in [2.45, 2.75) is 24.2 Å². The SMILES string of the molecule is O=C1C(c2ccccc2)=CC(=O)C2(c3ccccc3)C1CC1C(=CCC3C(=O)N(c4ccc(N5CCOCC5)cc4)C(=O)C31)C2c1cccc(F)c1O. The fourth-order valence-corrected chi connectivity index (χ4v) is 9.87. The molecule has 0 bridgehead atoms. The van der Waals surface area contributed by atoms with E-state index < -0.39 is 46.6 Å². The number of carbonyl (C=O) groups is 4. The topological polar surface area (TPSA) is 104 Å². The maximum atomic E-state index is 15.3. The van der Waals surface area contributed by atoms with Gasteiger partial charge in [-0.1, -0.05) is 84.4 Å². The molecule has 2 aliphatic heterocycles. The number of morpholine rings is 1. The maximum Gasteiger partial charge on any atom is 0.238 e. The Bertz CT molecular complexity index is 2210.